The number of amidine groups is 1. The van der Waals surface area contributed by atoms with Gasteiger partial charge in [0.1, 0.15) is 0 Å². The second-order valence-corrected chi connectivity index (χ2v) is 8.02. The highest BCUT2D eigenvalue weighted by molar-refractivity contribution is 8.00. The molecular formula is C14H21N3OS2. The van der Waals surface area contributed by atoms with Gasteiger partial charge in [0.2, 0.25) is 0 Å². The molecule has 0 aliphatic carbocycles. The molecule has 4 nitrogen and oxygen atoms in total. The minimum atomic E-state index is 0.181. The molecule has 1 aromatic carbocycles. The summed E-state index contributed by atoms with van der Waals surface area (Å²) in [7, 11) is 0. The van der Waals surface area contributed by atoms with E-state index in [-0.39, 0.29) is 10.6 Å². The van der Waals surface area contributed by atoms with Gasteiger partial charge in [-0.25, -0.2) is 0 Å². The lowest BCUT2D eigenvalue weighted by molar-refractivity contribution is 0.318. The molecule has 1 saturated heterocycles. The molecule has 0 saturated carbocycles. The van der Waals surface area contributed by atoms with Gasteiger partial charge in [-0.1, -0.05) is 11.2 Å². The van der Waals surface area contributed by atoms with Gasteiger partial charge in [0.05, 0.1) is 5.56 Å². The first-order chi connectivity index (χ1) is 9.48. The van der Waals surface area contributed by atoms with Crippen LogP contribution in [0.25, 0.3) is 0 Å². The topological polar surface area (TPSA) is 61.8 Å². The normalized spacial score (nSPS) is 19.1. The smallest absolute Gasteiger partial charge is 0.173 e. The fraction of sp³-hybridized carbons (Fsp3) is 0.500. The summed E-state index contributed by atoms with van der Waals surface area (Å²) >= 11 is 3.60. The first kappa shape index (κ1) is 15.4. The Morgan fingerprint density at radius 1 is 1.50 bits per heavy atom. The van der Waals surface area contributed by atoms with Crippen LogP contribution < -0.4 is 10.6 Å². The minimum absolute atomic E-state index is 0.181. The summed E-state index contributed by atoms with van der Waals surface area (Å²) in [6, 6.07) is 6.09. The number of hydrogen-bond donors (Lipinski definition) is 2. The number of hydrogen-bond acceptors (Lipinski definition) is 5. The highest BCUT2D eigenvalue weighted by Crippen LogP contribution is 2.36. The molecule has 0 radical (unpaired) electrons. The lowest BCUT2D eigenvalue weighted by Crippen LogP contribution is -2.44. The zero-order valence-corrected chi connectivity index (χ0v) is 13.7. The van der Waals surface area contributed by atoms with E-state index in [0.717, 1.165) is 35.0 Å². The van der Waals surface area contributed by atoms with Crippen molar-refractivity contribution in [1.82, 2.24) is 0 Å². The number of benzene rings is 1. The maximum atomic E-state index is 9.06. The average molecular weight is 311 g/mol. The molecule has 1 aromatic rings. The van der Waals surface area contributed by atoms with E-state index in [4.69, 9.17) is 10.9 Å². The van der Waals surface area contributed by atoms with Gasteiger partial charge in [0, 0.05) is 34.2 Å². The van der Waals surface area contributed by atoms with Gasteiger partial charge >= 0.3 is 0 Å². The van der Waals surface area contributed by atoms with Crippen molar-refractivity contribution in [3.63, 3.8) is 0 Å². The van der Waals surface area contributed by atoms with E-state index < -0.39 is 0 Å². The third-order valence-corrected chi connectivity index (χ3v) is 5.43. The number of nitrogens with two attached hydrogens (primary N) is 1. The van der Waals surface area contributed by atoms with Crippen molar-refractivity contribution in [1.29, 1.82) is 0 Å². The minimum Gasteiger partial charge on any atom is -0.409 e. The molecule has 0 atom stereocenters. The summed E-state index contributed by atoms with van der Waals surface area (Å²) in [5.41, 5.74) is 7.79. The first-order valence-corrected chi connectivity index (χ1v) is 8.73. The van der Waals surface area contributed by atoms with Crippen LogP contribution >= 0.6 is 23.5 Å². The molecule has 20 heavy (non-hydrogen) atoms. The number of anilines is 1. The number of oxime groups is 1. The predicted octanol–water partition coefficient (Wildman–Crippen LogP) is 2.83. The quantitative estimate of drug-likeness (QED) is 0.295. The standard InChI is InChI=1S/C14H21N3OS2/c1-14(2)9-17(7-8-20-14)10-5-4-6-11(19-3)12(10)13(15)16-18/h4-6,18H,7-9H2,1-3H3,(H2,15,16). The third kappa shape index (κ3) is 3.17. The van der Waals surface area contributed by atoms with E-state index >= 15 is 0 Å². The third-order valence-electron chi connectivity index (χ3n) is 3.35. The van der Waals surface area contributed by atoms with Crippen molar-refractivity contribution in [2.75, 3.05) is 30.0 Å². The molecule has 1 heterocycles. The van der Waals surface area contributed by atoms with E-state index in [2.05, 4.69) is 30.0 Å². The monoisotopic (exact) mass is 311 g/mol. The molecule has 3 N–H and O–H groups in total. The zero-order chi connectivity index (χ0) is 14.8. The van der Waals surface area contributed by atoms with Gasteiger partial charge in [0.25, 0.3) is 0 Å². The zero-order valence-electron chi connectivity index (χ0n) is 12.1. The predicted molar refractivity (Wildman–Crippen MR) is 89.5 cm³/mol. The maximum Gasteiger partial charge on any atom is 0.173 e. The molecule has 0 aromatic heterocycles. The number of rotatable bonds is 3. The van der Waals surface area contributed by atoms with Gasteiger partial charge in [-0.05, 0) is 32.2 Å². The fourth-order valence-electron chi connectivity index (χ4n) is 2.48. The Bertz CT molecular complexity index is 517. The van der Waals surface area contributed by atoms with Crippen molar-refractivity contribution in [2.45, 2.75) is 23.5 Å². The van der Waals surface area contributed by atoms with E-state index in [0.29, 0.717) is 0 Å². The Kier molecular flexibility index (Phi) is 4.75. The lowest BCUT2D eigenvalue weighted by atomic mass is 10.1. The van der Waals surface area contributed by atoms with Crippen LogP contribution in [0, 0.1) is 0 Å². The Morgan fingerprint density at radius 2 is 2.25 bits per heavy atom. The van der Waals surface area contributed by atoms with Crippen molar-refractivity contribution < 1.29 is 5.21 Å². The average Bonchev–Trinajstić information content (AvgIpc) is 2.44. The molecule has 1 fully saturated rings. The van der Waals surface area contributed by atoms with Crippen LogP contribution in [0.5, 0.6) is 0 Å². The number of nitrogens with zero attached hydrogens (tertiary/aromatic N) is 2. The molecule has 2 rings (SSSR count). The molecule has 110 valence electrons. The van der Waals surface area contributed by atoms with E-state index in [9.17, 15) is 0 Å². The highest BCUT2D eigenvalue weighted by Gasteiger charge is 2.29. The molecule has 0 spiro atoms. The molecule has 0 amide bonds. The lowest BCUT2D eigenvalue weighted by Gasteiger charge is -2.39. The molecule has 0 bridgehead atoms. The van der Waals surface area contributed by atoms with Gasteiger partial charge in [-0.2, -0.15) is 11.8 Å². The van der Waals surface area contributed by atoms with Crippen molar-refractivity contribution in [3.8, 4) is 0 Å². The highest BCUT2D eigenvalue weighted by atomic mass is 32.2. The maximum absolute atomic E-state index is 9.06. The van der Waals surface area contributed by atoms with Crippen LogP contribution in [0.15, 0.2) is 28.3 Å². The van der Waals surface area contributed by atoms with Gasteiger partial charge < -0.3 is 15.8 Å². The van der Waals surface area contributed by atoms with Crippen LogP contribution in [0.2, 0.25) is 0 Å². The largest absolute Gasteiger partial charge is 0.409 e. The van der Waals surface area contributed by atoms with Crippen molar-refractivity contribution in [2.24, 2.45) is 10.9 Å². The Balaban J connectivity index is 2.45. The molecule has 6 heteroatoms. The molecular weight excluding hydrogens is 290 g/mol. The SMILES string of the molecule is CSc1cccc(N2CCSC(C)(C)C2)c1/C(N)=N/O. The first-order valence-electron chi connectivity index (χ1n) is 6.52. The molecule has 1 aliphatic rings. The summed E-state index contributed by atoms with van der Waals surface area (Å²) < 4.78 is 0.218. The Labute approximate surface area is 128 Å². The van der Waals surface area contributed by atoms with Gasteiger partial charge in [-0.15, -0.1) is 11.8 Å². The second-order valence-electron chi connectivity index (χ2n) is 5.37. The summed E-state index contributed by atoms with van der Waals surface area (Å²) in [5.74, 6) is 1.27. The van der Waals surface area contributed by atoms with Crippen LogP contribution in [0.1, 0.15) is 19.4 Å². The fourth-order valence-corrected chi connectivity index (χ4v) is 4.22. The summed E-state index contributed by atoms with van der Waals surface area (Å²) in [5, 5.41) is 12.3. The molecule has 0 unspecified atom stereocenters. The van der Waals surface area contributed by atoms with Gasteiger partial charge in [-0.3, -0.25) is 0 Å². The van der Waals surface area contributed by atoms with E-state index in [1.165, 1.54) is 0 Å². The van der Waals surface area contributed by atoms with Crippen molar-refractivity contribution >= 4 is 35.0 Å². The van der Waals surface area contributed by atoms with Crippen LogP contribution in [0.3, 0.4) is 0 Å². The van der Waals surface area contributed by atoms with Gasteiger partial charge in [0.15, 0.2) is 5.84 Å². The second kappa shape index (κ2) is 6.18. The summed E-state index contributed by atoms with van der Waals surface area (Å²) in [6.07, 6.45) is 2.00. The summed E-state index contributed by atoms with van der Waals surface area (Å²) in [4.78, 5) is 3.37. The van der Waals surface area contributed by atoms with E-state index in [1.807, 2.05) is 30.2 Å². The van der Waals surface area contributed by atoms with Crippen LogP contribution in [-0.2, 0) is 0 Å². The van der Waals surface area contributed by atoms with Crippen LogP contribution in [-0.4, -0.2) is 40.9 Å². The van der Waals surface area contributed by atoms with Crippen molar-refractivity contribution in [3.05, 3.63) is 23.8 Å². The summed E-state index contributed by atoms with van der Waals surface area (Å²) in [6.45, 7) is 6.45. The Hall–Kier alpha value is -1.01. The number of thioether (sulfide) groups is 2. The van der Waals surface area contributed by atoms with Crippen LogP contribution in [0.4, 0.5) is 5.69 Å². The Morgan fingerprint density at radius 3 is 2.85 bits per heavy atom. The van der Waals surface area contributed by atoms with E-state index in [1.54, 1.807) is 11.8 Å². The molecule has 1 aliphatic heterocycles.